The third-order valence-electron chi connectivity index (χ3n) is 7.33. The third-order valence-corrected chi connectivity index (χ3v) is 7.33. The van der Waals surface area contributed by atoms with E-state index in [-0.39, 0.29) is 11.7 Å². The summed E-state index contributed by atoms with van der Waals surface area (Å²) in [6.45, 7) is 9.18. The molecule has 2 rings (SSSR count). The summed E-state index contributed by atoms with van der Waals surface area (Å²) < 4.78 is 7.14. The Balaban J connectivity index is 2.30. The van der Waals surface area contributed by atoms with Gasteiger partial charge in [-0.3, -0.25) is 0 Å². The van der Waals surface area contributed by atoms with E-state index in [1.165, 1.54) is 83.5 Å². The van der Waals surface area contributed by atoms with E-state index in [9.17, 15) is 5.11 Å². The molecule has 0 spiro atoms. The summed E-state index contributed by atoms with van der Waals surface area (Å²) in [5.74, 6) is 0.400. The lowest BCUT2D eigenvalue weighted by atomic mass is 9.57. The Morgan fingerprint density at radius 1 is 0.897 bits per heavy atom. The van der Waals surface area contributed by atoms with Crippen molar-refractivity contribution in [2.75, 3.05) is 0 Å². The van der Waals surface area contributed by atoms with Gasteiger partial charge in [-0.1, -0.05) is 90.3 Å². The van der Waals surface area contributed by atoms with Crippen LogP contribution in [0.3, 0.4) is 0 Å². The van der Waals surface area contributed by atoms with Crippen LogP contribution in [0.2, 0.25) is 0 Å². The van der Waals surface area contributed by atoms with Crippen LogP contribution in [-0.4, -0.2) is 16.8 Å². The lowest BCUT2D eigenvalue weighted by Gasteiger charge is -2.55. The smallest absolute Gasteiger partial charge is 0.118 e. The molecule has 166 valence electrons. The van der Waals surface area contributed by atoms with Gasteiger partial charge < -0.3 is 9.84 Å². The van der Waals surface area contributed by atoms with E-state index < -0.39 is 0 Å². The van der Waals surface area contributed by atoms with Crippen LogP contribution in [-0.2, 0) is 11.2 Å². The van der Waals surface area contributed by atoms with Crippen LogP contribution in [0.1, 0.15) is 117 Å². The first-order chi connectivity index (χ1) is 14.0. The number of para-hydroxylation sites is 1. The minimum absolute atomic E-state index is 0.00934. The van der Waals surface area contributed by atoms with Crippen molar-refractivity contribution in [3.63, 3.8) is 0 Å². The van der Waals surface area contributed by atoms with Crippen LogP contribution in [0.15, 0.2) is 24.3 Å². The van der Waals surface area contributed by atoms with Crippen LogP contribution in [0.5, 0.6) is 5.75 Å². The summed E-state index contributed by atoms with van der Waals surface area (Å²) in [7, 11) is 0. The zero-order valence-corrected chi connectivity index (χ0v) is 19.6. The van der Waals surface area contributed by atoms with Gasteiger partial charge >= 0.3 is 0 Å². The topological polar surface area (TPSA) is 29.5 Å². The lowest BCUT2D eigenvalue weighted by Crippen LogP contribution is -2.54. The van der Waals surface area contributed by atoms with Gasteiger partial charge in [0, 0.05) is 6.42 Å². The zero-order valence-electron chi connectivity index (χ0n) is 19.6. The van der Waals surface area contributed by atoms with E-state index >= 15 is 0 Å². The maximum absolute atomic E-state index is 10.3. The van der Waals surface area contributed by atoms with Crippen LogP contribution in [0.25, 0.3) is 0 Å². The molecule has 0 radical (unpaired) electrons. The van der Waals surface area contributed by atoms with E-state index in [4.69, 9.17) is 4.74 Å². The maximum Gasteiger partial charge on any atom is 0.118 e. The second kappa shape index (κ2) is 12.0. The molecule has 1 aromatic rings. The fourth-order valence-corrected chi connectivity index (χ4v) is 5.74. The summed E-state index contributed by atoms with van der Waals surface area (Å²) in [5.41, 5.74) is 1.35. The van der Waals surface area contributed by atoms with Gasteiger partial charge in [-0.05, 0) is 56.1 Å². The Hall–Kier alpha value is -1.02. The van der Waals surface area contributed by atoms with Crippen molar-refractivity contribution >= 4 is 0 Å². The largest absolute Gasteiger partial charge is 0.508 e. The highest BCUT2D eigenvalue weighted by Crippen LogP contribution is 2.55. The van der Waals surface area contributed by atoms with E-state index in [0.717, 1.165) is 12.0 Å². The van der Waals surface area contributed by atoms with Gasteiger partial charge in [0.15, 0.2) is 0 Å². The Morgan fingerprint density at radius 2 is 1.48 bits per heavy atom. The Bertz CT molecular complexity index is 574. The van der Waals surface area contributed by atoms with Crippen LogP contribution in [0.4, 0.5) is 0 Å². The number of ether oxygens (including phenoxy) is 1. The van der Waals surface area contributed by atoms with Gasteiger partial charge in [-0.25, -0.2) is 0 Å². The average molecular weight is 403 g/mol. The minimum atomic E-state index is 0.00934. The first-order valence-electron chi connectivity index (χ1n) is 12.5. The lowest BCUT2D eigenvalue weighted by molar-refractivity contribution is -0.196. The van der Waals surface area contributed by atoms with E-state index in [2.05, 4.69) is 27.7 Å². The molecule has 1 fully saturated rings. The summed E-state index contributed by atoms with van der Waals surface area (Å²) in [4.78, 5) is 0. The molecule has 1 aliphatic rings. The van der Waals surface area contributed by atoms with Gasteiger partial charge in [0.1, 0.15) is 5.75 Å². The van der Waals surface area contributed by atoms with Crippen molar-refractivity contribution in [2.24, 2.45) is 5.41 Å². The highest BCUT2D eigenvalue weighted by Gasteiger charge is 2.52. The molecule has 1 aliphatic carbocycles. The van der Waals surface area contributed by atoms with E-state index in [1.807, 2.05) is 18.2 Å². The van der Waals surface area contributed by atoms with Crippen molar-refractivity contribution in [2.45, 2.75) is 129 Å². The molecule has 29 heavy (non-hydrogen) atoms. The van der Waals surface area contributed by atoms with Crippen molar-refractivity contribution in [1.82, 2.24) is 0 Å². The minimum Gasteiger partial charge on any atom is -0.508 e. The second-order valence-electron chi connectivity index (χ2n) is 9.55. The maximum atomic E-state index is 10.3. The number of hydrogen-bond donors (Lipinski definition) is 1. The Kier molecular flexibility index (Phi) is 10.0. The Labute approximate surface area is 180 Å². The van der Waals surface area contributed by atoms with Gasteiger partial charge in [-0.2, -0.15) is 0 Å². The zero-order chi connectivity index (χ0) is 21.2. The summed E-state index contributed by atoms with van der Waals surface area (Å²) >= 11 is 0. The second-order valence-corrected chi connectivity index (χ2v) is 9.55. The molecule has 2 nitrogen and oxygen atoms in total. The number of aromatic hydroxyl groups is 1. The number of unbranched alkanes of at least 4 members (excludes halogenated alkanes) is 3. The van der Waals surface area contributed by atoms with Crippen molar-refractivity contribution < 1.29 is 9.84 Å². The SMILES string of the molecule is CCCCC1(CCCC)CCCCC1(CCCC)OC(C)Cc1ccccc1O. The third kappa shape index (κ3) is 6.23. The molecular formula is C27H46O2. The van der Waals surface area contributed by atoms with E-state index in [1.54, 1.807) is 6.07 Å². The first-order valence-corrected chi connectivity index (χ1v) is 12.5. The van der Waals surface area contributed by atoms with Gasteiger partial charge in [0.25, 0.3) is 0 Å². The number of benzene rings is 1. The molecule has 2 atom stereocenters. The highest BCUT2D eigenvalue weighted by atomic mass is 16.5. The molecule has 0 saturated heterocycles. The van der Waals surface area contributed by atoms with Crippen molar-refractivity contribution in [3.05, 3.63) is 29.8 Å². The monoisotopic (exact) mass is 402 g/mol. The number of hydrogen-bond acceptors (Lipinski definition) is 2. The molecule has 1 aromatic carbocycles. The molecule has 2 heteroatoms. The molecule has 0 aromatic heterocycles. The van der Waals surface area contributed by atoms with Crippen molar-refractivity contribution in [1.29, 1.82) is 0 Å². The average Bonchev–Trinajstić information content (AvgIpc) is 2.72. The molecule has 0 heterocycles. The van der Waals surface area contributed by atoms with Crippen LogP contribution >= 0.6 is 0 Å². The fourth-order valence-electron chi connectivity index (χ4n) is 5.74. The number of phenols is 1. The van der Waals surface area contributed by atoms with Gasteiger partial charge in [0.2, 0.25) is 0 Å². The van der Waals surface area contributed by atoms with Gasteiger partial charge in [-0.15, -0.1) is 0 Å². The fraction of sp³-hybridized carbons (Fsp3) is 0.778. The molecule has 0 amide bonds. The molecule has 1 saturated carbocycles. The molecule has 2 unspecified atom stereocenters. The molecule has 1 N–H and O–H groups in total. The summed E-state index contributed by atoms with van der Waals surface area (Å²) in [6, 6.07) is 7.75. The number of rotatable bonds is 13. The normalized spacial score (nSPS) is 22.5. The van der Waals surface area contributed by atoms with Crippen LogP contribution in [0, 0.1) is 5.41 Å². The predicted octanol–water partition coefficient (Wildman–Crippen LogP) is 8.21. The highest BCUT2D eigenvalue weighted by molar-refractivity contribution is 5.32. The van der Waals surface area contributed by atoms with Crippen LogP contribution < -0.4 is 0 Å². The van der Waals surface area contributed by atoms with E-state index in [0.29, 0.717) is 11.2 Å². The first kappa shape index (κ1) is 24.3. The van der Waals surface area contributed by atoms with Gasteiger partial charge in [0.05, 0.1) is 11.7 Å². The molecular weight excluding hydrogens is 356 g/mol. The predicted molar refractivity (Wildman–Crippen MR) is 125 cm³/mol. The van der Waals surface area contributed by atoms with Crippen molar-refractivity contribution in [3.8, 4) is 5.75 Å². The molecule has 0 bridgehead atoms. The summed E-state index contributed by atoms with van der Waals surface area (Å²) in [5, 5.41) is 10.3. The summed E-state index contributed by atoms with van der Waals surface area (Å²) in [6.07, 6.45) is 17.6. The Morgan fingerprint density at radius 3 is 2.10 bits per heavy atom. The molecule has 0 aliphatic heterocycles. The number of phenolic OH excluding ortho intramolecular Hbond substituents is 1. The quantitative estimate of drug-likeness (QED) is 0.360. The standard InChI is InChI=1S/C27H46O2/c1-5-8-17-26(18-9-6-2)19-13-14-21-27(26,20-10-7-3)29-23(4)22-24-15-11-12-16-25(24)28/h11-12,15-16,23,28H,5-10,13-14,17-22H2,1-4H3.